The maximum atomic E-state index is 12.9. The van der Waals surface area contributed by atoms with Gasteiger partial charge in [0, 0.05) is 6.04 Å². The normalized spacial score (nSPS) is 17.9. The van der Waals surface area contributed by atoms with Gasteiger partial charge in [-0.25, -0.2) is 4.39 Å². The third kappa shape index (κ3) is 3.21. The highest BCUT2D eigenvalue weighted by atomic mass is 19.1. The SMILES string of the molecule is Cc1cc(F)ccc1OCC(C)(C#N)NC1CC1. The van der Waals surface area contributed by atoms with Gasteiger partial charge in [0.1, 0.15) is 23.7 Å². The van der Waals surface area contributed by atoms with Crippen molar-refractivity contribution in [2.75, 3.05) is 6.61 Å². The Labute approximate surface area is 107 Å². The smallest absolute Gasteiger partial charge is 0.138 e. The summed E-state index contributed by atoms with van der Waals surface area (Å²) in [6, 6.07) is 7.06. The molecule has 0 saturated heterocycles. The Bertz CT molecular complexity index is 479. The maximum absolute atomic E-state index is 12.9. The van der Waals surface area contributed by atoms with Gasteiger partial charge in [-0.1, -0.05) is 0 Å². The molecule has 1 unspecified atom stereocenters. The van der Waals surface area contributed by atoms with Gasteiger partial charge in [-0.15, -0.1) is 0 Å². The summed E-state index contributed by atoms with van der Waals surface area (Å²) in [5.41, 5.74) is 0.0452. The first-order valence-corrected chi connectivity index (χ1v) is 6.10. The van der Waals surface area contributed by atoms with Crippen LogP contribution in [0, 0.1) is 24.1 Å². The van der Waals surface area contributed by atoms with Crippen LogP contribution in [0.2, 0.25) is 0 Å². The zero-order chi connectivity index (χ0) is 13.2. The van der Waals surface area contributed by atoms with Crippen molar-refractivity contribution in [3.63, 3.8) is 0 Å². The standard InChI is InChI=1S/C14H17FN2O/c1-10-7-11(15)3-6-13(10)18-9-14(2,8-16)17-12-4-5-12/h3,6-7,12,17H,4-5,9H2,1-2H3. The van der Waals surface area contributed by atoms with Crippen LogP contribution < -0.4 is 10.1 Å². The highest BCUT2D eigenvalue weighted by Gasteiger charge is 2.33. The maximum Gasteiger partial charge on any atom is 0.138 e. The summed E-state index contributed by atoms with van der Waals surface area (Å²) < 4.78 is 18.6. The van der Waals surface area contributed by atoms with Crippen LogP contribution in [-0.2, 0) is 0 Å². The molecule has 0 heterocycles. The Morgan fingerprint density at radius 2 is 2.28 bits per heavy atom. The van der Waals surface area contributed by atoms with E-state index in [-0.39, 0.29) is 12.4 Å². The molecule has 1 saturated carbocycles. The van der Waals surface area contributed by atoms with Crippen molar-refractivity contribution in [2.24, 2.45) is 0 Å². The molecule has 2 rings (SSSR count). The fraction of sp³-hybridized carbons (Fsp3) is 0.500. The second-order valence-electron chi connectivity index (χ2n) is 5.06. The van der Waals surface area contributed by atoms with Crippen molar-refractivity contribution >= 4 is 0 Å². The zero-order valence-electron chi connectivity index (χ0n) is 10.7. The van der Waals surface area contributed by atoms with Crippen LogP contribution >= 0.6 is 0 Å². The summed E-state index contributed by atoms with van der Waals surface area (Å²) in [6.07, 6.45) is 2.24. The molecule has 1 N–H and O–H groups in total. The first-order valence-electron chi connectivity index (χ1n) is 6.10. The van der Waals surface area contributed by atoms with E-state index in [0.717, 1.165) is 18.4 Å². The summed E-state index contributed by atoms with van der Waals surface area (Å²) in [6.45, 7) is 3.87. The molecule has 4 heteroatoms. The van der Waals surface area contributed by atoms with E-state index in [1.54, 1.807) is 13.0 Å². The quantitative estimate of drug-likeness (QED) is 0.871. The van der Waals surface area contributed by atoms with E-state index in [2.05, 4.69) is 11.4 Å². The van der Waals surface area contributed by atoms with Gasteiger partial charge in [0.2, 0.25) is 0 Å². The Balaban J connectivity index is 1.98. The van der Waals surface area contributed by atoms with Gasteiger partial charge >= 0.3 is 0 Å². The van der Waals surface area contributed by atoms with Crippen molar-refractivity contribution in [2.45, 2.75) is 38.3 Å². The lowest BCUT2D eigenvalue weighted by atomic mass is 10.1. The van der Waals surface area contributed by atoms with Gasteiger partial charge in [-0.2, -0.15) is 5.26 Å². The third-order valence-electron chi connectivity index (χ3n) is 3.00. The topological polar surface area (TPSA) is 45.0 Å². The first-order chi connectivity index (χ1) is 8.52. The van der Waals surface area contributed by atoms with Crippen LogP contribution in [0.3, 0.4) is 0 Å². The summed E-state index contributed by atoms with van der Waals surface area (Å²) in [4.78, 5) is 0. The number of nitriles is 1. The number of nitrogens with one attached hydrogen (secondary N) is 1. The van der Waals surface area contributed by atoms with E-state index >= 15 is 0 Å². The largest absolute Gasteiger partial charge is 0.490 e. The van der Waals surface area contributed by atoms with Crippen molar-refractivity contribution in [1.29, 1.82) is 5.26 Å². The predicted octanol–water partition coefficient (Wildman–Crippen LogP) is 2.55. The molecule has 0 radical (unpaired) electrons. The van der Waals surface area contributed by atoms with Gasteiger partial charge < -0.3 is 4.74 Å². The van der Waals surface area contributed by atoms with Crippen LogP contribution in [0.15, 0.2) is 18.2 Å². The summed E-state index contributed by atoms with van der Waals surface area (Å²) in [5.74, 6) is 0.342. The molecule has 3 nitrogen and oxygen atoms in total. The number of hydrogen-bond acceptors (Lipinski definition) is 3. The summed E-state index contributed by atoms with van der Waals surface area (Å²) in [5, 5.41) is 12.5. The molecule has 1 atom stereocenters. The van der Waals surface area contributed by atoms with E-state index in [9.17, 15) is 9.65 Å². The molecule has 96 valence electrons. The number of rotatable bonds is 5. The molecular weight excluding hydrogens is 231 g/mol. The number of aryl methyl sites for hydroxylation is 1. The molecule has 18 heavy (non-hydrogen) atoms. The lowest BCUT2D eigenvalue weighted by Gasteiger charge is -2.23. The highest BCUT2D eigenvalue weighted by molar-refractivity contribution is 5.32. The average molecular weight is 248 g/mol. The molecule has 1 aromatic carbocycles. The molecule has 0 aliphatic heterocycles. The lowest BCUT2D eigenvalue weighted by Crippen LogP contribution is -2.47. The number of ether oxygens (including phenoxy) is 1. The molecule has 1 aliphatic carbocycles. The lowest BCUT2D eigenvalue weighted by molar-refractivity contribution is 0.231. The monoisotopic (exact) mass is 248 g/mol. The van der Waals surface area contributed by atoms with Gasteiger partial charge in [0.05, 0.1) is 6.07 Å². The van der Waals surface area contributed by atoms with E-state index in [1.807, 2.05) is 6.92 Å². The number of hydrogen-bond donors (Lipinski definition) is 1. The Morgan fingerprint density at radius 1 is 1.56 bits per heavy atom. The zero-order valence-corrected chi connectivity index (χ0v) is 10.7. The minimum absolute atomic E-state index is 0.256. The molecule has 0 aromatic heterocycles. The van der Waals surface area contributed by atoms with E-state index in [4.69, 9.17) is 4.74 Å². The summed E-state index contributed by atoms with van der Waals surface area (Å²) >= 11 is 0. The molecule has 1 aliphatic rings. The number of nitrogens with zero attached hydrogens (tertiary/aromatic N) is 1. The molecule has 0 amide bonds. The van der Waals surface area contributed by atoms with Crippen LogP contribution in [0.1, 0.15) is 25.3 Å². The second-order valence-corrected chi connectivity index (χ2v) is 5.06. The molecule has 1 aromatic rings. The highest BCUT2D eigenvalue weighted by Crippen LogP contribution is 2.24. The number of benzene rings is 1. The second kappa shape index (κ2) is 4.95. The van der Waals surface area contributed by atoms with Crippen molar-refractivity contribution < 1.29 is 9.13 Å². The van der Waals surface area contributed by atoms with Crippen molar-refractivity contribution in [1.82, 2.24) is 5.32 Å². The van der Waals surface area contributed by atoms with Crippen molar-refractivity contribution in [3.05, 3.63) is 29.6 Å². The summed E-state index contributed by atoms with van der Waals surface area (Å²) in [7, 11) is 0. The first kappa shape index (κ1) is 12.8. The number of halogens is 1. The minimum Gasteiger partial charge on any atom is -0.490 e. The third-order valence-corrected chi connectivity index (χ3v) is 3.00. The molecule has 1 fully saturated rings. The van der Waals surface area contributed by atoms with E-state index < -0.39 is 5.54 Å². The van der Waals surface area contributed by atoms with Crippen LogP contribution in [0.4, 0.5) is 4.39 Å². The van der Waals surface area contributed by atoms with Gasteiger partial charge in [-0.05, 0) is 50.5 Å². The van der Waals surface area contributed by atoms with Gasteiger partial charge in [-0.3, -0.25) is 5.32 Å². The van der Waals surface area contributed by atoms with Gasteiger partial charge in [0.25, 0.3) is 0 Å². The average Bonchev–Trinajstić information content (AvgIpc) is 3.12. The van der Waals surface area contributed by atoms with Crippen LogP contribution in [-0.4, -0.2) is 18.2 Å². The molecule has 0 spiro atoms. The fourth-order valence-electron chi connectivity index (χ4n) is 1.78. The van der Waals surface area contributed by atoms with Crippen molar-refractivity contribution in [3.8, 4) is 11.8 Å². The fourth-order valence-corrected chi connectivity index (χ4v) is 1.78. The minimum atomic E-state index is -0.692. The Hall–Kier alpha value is -1.60. The Morgan fingerprint density at radius 3 is 2.83 bits per heavy atom. The van der Waals surface area contributed by atoms with E-state index in [0.29, 0.717) is 11.8 Å². The Kier molecular flexibility index (Phi) is 3.53. The predicted molar refractivity (Wildman–Crippen MR) is 66.8 cm³/mol. The molecule has 0 bridgehead atoms. The van der Waals surface area contributed by atoms with E-state index in [1.165, 1.54) is 12.1 Å². The molecular formula is C14H17FN2O. The van der Waals surface area contributed by atoms with Crippen LogP contribution in [0.25, 0.3) is 0 Å². The van der Waals surface area contributed by atoms with Crippen LogP contribution in [0.5, 0.6) is 5.75 Å². The van der Waals surface area contributed by atoms with Gasteiger partial charge in [0.15, 0.2) is 0 Å².